The summed E-state index contributed by atoms with van der Waals surface area (Å²) < 4.78 is 12.3. The highest BCUT2D eigenvalue weighted by Crippen LogP contribution is 1.98. The molecule has 0 aromatic carbocycles. The molecule has 0 atom stereocenters. The van der Waals surface area contributed by atoms with Gasteiger partial charge in [0.05, 0.1) is 0 Å². The Hall–Kier alpha value is -1.53. The van der Waals surface area contributed by atoms with Crippen LogP contribution in [0.5, 0.6) is 0 Å². The molecule has 0 unspecified atom stereocenters. The number of esters is 2. The molecule has 0 amide bonds. The summed E-state index contributed by atoms with van der Waals surface area (Å²) in [6.45, 7) is 2.08. The molecular weight excluding hydrogens is 179 g/mol. The predicted molar refractivity (Wildman–Crippen MR) is 39.2 cm³/mol. The molecular formula is C6H7BO6. The van der Waals surface area contributed by atoms with E-state index in [4.69, 9.17) is 0 Å². The summed E-state index contributed by atoms with van der Waals surface area (Å²) >= 11 is 0. The van der Waals surface area contributed by atoms with Crippen molar-refractivity contribution in [3.63, 3.8) is 0 Å². The number of ether oxygens (including phenoxy) is 2. The largest absolute Gasteiger partial charge is 0.538 e. The minimum atomic E-state index is -1.74. The van der Waals surface area contributed by atoms with Crippen molar-refractivity contribution in [1.82, 2.24) is 0 Å². The topological polar surface area (TPSA) is 78.9 Å². The Labute approximate surface area is 75.6 Å². The molecule has 7 heteroatoms. The first-order valence-corrected chi connectivity index (χ1v) is 3.22. The summed E-state index contributed by atoms with van der Waals surface area (Å²) in [4.78, 5) is 31.5. The molecule has 0 aliphatic rings. The van der Waals surface area contributed by atoms with Crippen LogP contribution in [0.25, 0.3) is 0 Å². The first kappa shape index (κ1) is 11.5. The molecule has 0 aromatic heterocycles. The van der Waals surface area contributed by atoms with Gasteiger partial charge in [0.15, 0.2) is 0 Å². The van der Waals surface area contributed by atoms with E-state index in [2.05, 4.69) is 22.2 Å². The van der Waals surface area contributed by atoms with Gasteiger partial charge in [0.2, 0.25) is 0 Å². The maximum atomic E-state index is 10.7. The minimum Gasteiger partial charge on any atom is -0.538 e. The molecule has 0 heterocycles. The van der Waals surface area contributed by atoms with Gasteiger partial charge in [-0.25, -0.2) is 4.79 Å². The third-order valence-corrected chi connectivity index (χ3v) is 0.855. The Bertz CT molecular complexity index is 209. The van der Waals surface area contributed by atoms with E-state index in [9.17, 15) is 14.4 Å². The van der Waals surface area contributed by atoms with Gasteiger partial charge in [-0.05, 0) is 0 Å². The van der Waals surface area contributed by atoms with Gasteiger partial charge < -0.3 is 14.1 Å². The zero-order valence-electron chi connectivity index (χ0n) is 7.10. The second kappa shape index (κ2) is 5.18. The maximum Gasteiger partial charge on any atom is 0.378 e. The Morgan fingerprint density at radius 2 is 1.46 bits per heavy atom. The van der Waals surface area contributed by atoms with Crippen LogP contribution < -0.4 is 0 Å². The highest BCUT2D eigenvalue weighted by molar-refractivity contribution is 6.06. The molecule has 0 N–H and O–H groups in total. The van der Waals surface area contributed by atoms with Gasteiger partial charge >= 0.3 is 32.2 Å². The van der Waals surface area contributed by atoms with Crippen LogP contribution in [0, 0.1) is 0 Å². The van der Waals surface area contributed by atoms with Crippen molar-refractivity contribution in [3.8, 4) is 0 Å². The number of carbonyl (C=O) groups excluding carboxylic acids is 3. The Morgan fingerprint density at radius 1 is 1.08 bits per heavy atom. The fraction of sp³-hybridized carbons (Fsp3) is 0.500. The van der Waals surface area contributed by atoms with Crippen LogP contribution in [0.1, 0.15) is 13.8 Å². The molecule has 0 spiro atoms. The first-order chi connectivity index (χ1) is 5.97. The fourth-order valence-corrected chi connectivity index (χ4v) is 0.477. The SMILES string of the molecule is [B]OC(=O)C(OC(C)=O)OC(C)=O. The number of rotatable bonds is 3. The van der Waals surface area contributed by atoms with Crippen molar-refractivity contribution in [2.24, 2.45) is 0 Å². The number of hydrogen-bond donors (Lipinski definition) is 0. The van der Waals surface area contributed by atoms with E-state index in [-0.39, 0.29) is 0 Å². The van der Waals surface area contributed by atoms with Gasteiger partial charge in [-0.1, -0.05) is 0 Å². The van der Waals surface area contributed by atoms with Gasteiger partial charge in [-0.2, -0.15) is 0 Å². The van der Waals surface area contributed by atoms with E-state index in [0.29, 0.717) is 0 Å². The van der Waals surface area contributed by atoms with Crippen molar-refractivity contribution >= 4 is 26.0 Å². The molecule has 0 rings (SSSR count). The van der Waals surface area contributed by atoms with Crippen LogP contribution in [-0.4, -0.2) is 32.2 Å². The van der Waals surface area contributed by atoms with Crippen LogP contribution >= 0.6 is 0 Å². The third-order valence-electron chi connectivity index (χ3n) is 0.855. The van der Waals surface area contributed by atoms with Crippen molar-refractivity contribution < 1.29 is 28.5 Å². The van der Waals surface area contributed by atoms with Crippen LogP contribution in [0.3, 0.4) is 0 Å². The van der Waals surface area contributed by atoms with Crippen LogP contribution in [0.2, 0.25) is 0 Å². The van der Waals surface area contributed by atoms with Gasteiger partial charge in [0, 0.05) is 13.8 Å². The molecule has 0 fully saturated rings. The van der Waals surface area contributed by atoms with Crippen molar-refractivity contribution in [1.29, 1.82) is 0 Å². The summed E-state index contributed by atoms with van der Waals surface area (Å²) in [7, 11) is 4.49. The monoisotopic (exact) mass is 186 g/mol. The van der Waals surface area contributed by atoms with Crippen molar-refractivity contribution in [2.45, 2.75) is 20.1 Å². The standard InChI is InChI=1S/C6H7BO6/c1-3(8)11-6(5(10)13-7)12-4(2)9/h6H,1-2H3. The zero-order valence-corrected chi connectivity index (χ0v) is 7.10. The van der Waals surface area contributed by atoms with Crippen molar-refractivity contribution in [2.75, 3.05) is 0 Å². The molecule has 0 aromatic rings. The number of hydrogen-bond acceptors (Lipinski definition) is 6. The van der Waals surface area contributed by atoms with Crippen LogP contribution in [0.15, 0.2) is 0 Å². The average molecular weight is 186 g/mol. The summed E-state index contributed by atoms with van der Waals surface area (Å²) in [6.07, 6.45) is -1.74. The lowest BCUT2D eigenvalue weighted by atomic mass is 10.5. The Balaban J connectivity index is 4.26. The Kier molecular flexibility index (Phi) is 4.57. The average Bonchev–Trinajstić information content (AvgIpc) is 2.00. The second-order valence-corrected chi connectivity index (χ2v) is 1.99. The van der Waals surface area contributed by atoms with E-state index < -0.39 is 24.2 Å². The molecule has 0 bridgehead atoms. The molecule has 70 valence electrons. The van der Waals surface area contributed by atoms with E-state index in [1.54, 1.807) is 0 Å². The molecule has 0 aliphatic heterocycles. The first-order valence-electron chi connectivity index (χ1n) is 3.22. The molecule has 13 heavy (non-hydrogen) atoms. The normalized spacial score (nSPS) is 9.15. The molecule has 0 aliphatic carbocycles. The van der Waals surface area contributed by atoms with E-state index in [0.717, 1.165) is 13.8 Å². The lowest BCUT2D eigenvalue weighted by Gasteiger charge is -2.13. The van der Waals surface area contributed by atoms with Crippen LogP contribution in [-0.2, 0) is 28.5 Å². The Morgan fingerprint density at radius 3 is 1.69 bits per heavy atom. The highest BCUT2D eigenvalue weighted by atomic mass is 16.7. The maximum absolute atomic E-state index is 10.7. The molecule has 6 nitrogen and oxygen atoms in total. The highest BCUT2D eigenvalue weighted by Gasteiger charge is 2.24. The minimum absolute atomic E-state index is 0.795. The zero-order chi connectivity index (χ0) is 10.4. The summed E-state index contributed by atoms with van der Waals surface area (Å²) in [5.74, 6) is -2.75. The smallest absolute Gasteiger partial charge is 0.378 e. The van der Waals surface area contributed by atoms with E-state index in [1.807, 2.05) is 0 Å². The predicted octanol–water partition coefficient (Wildman–Crippen LogP) is -0.935. The molecule has 0 saturated heterocycles. The lowest BCUT2D eigenvalue weighted by Crippen LogP contribution is -2.32. The van der Waals surface area contributed by atoms with Gasteiger partial charge in [-0.3, -0.25) is 9.59 Å². The quantitative estimate of drug-likeness (QED) is 0.321. The van der Waals surface area contributed by atoms with Crippen LogP contribution in [0.4, 0.5) is 0 Å². The van der Waals surface area contributed by atoms with E-state index >= 15 is 0 Å². The van der Waals surface area contributed by atoms with Gasteiger partial charge in [-0.15, -0.1) is 0 Å². The summed E-state index contributed by atoms with van der Waals surface area (Å²) in [6, 6.07) is 0. The molecule has 2 radical (unpaired) electrons. The van der Waals surface area contributed by atoms with Gasteiger partial charge in [0.25, 0.3) is 0 Å². The van der Waals surface area contributed by atoms with Crippen molar-refractivity contribution in [3.05, 3.63) is 0 Å². The summed E-state index contributed by atoms with van der Waals surface area (Å²) in [5, 5.41) is 0. The number of carbonyl (C=O) groups is 3. The lowest BCUT2D eigenvalue weighted by molar-refractivity contribution is -0.197. The van der Waals surface area contributed by atoms with E-state index in [1.165, 1.54) is 0 Å². The van der Waals surface area contributed by atoms with Gasteiger partial charge in [0.1, 0.15) is 0 Å². The second-order valence-electron chi connectivity index (χ2n) is 1.99. The third kappa shape index (κ3) is 4.83. The summed E-state index contributed by atoms with van der Waals surface area (Å²) in [5.41, 5.74) is 0. The fourth-order valence-electron chi connectivity index (χ4n) is 0.477. The molecule has 0 saturated carbocycles.